The Morgan fingerprint density at radius 1 is 1.17 bits per heavy atom. The summed E-state index contributed by atoms with van der Waals surface area (Å²) in [5.74, 6) is -0.132. The molecule has 2 N–H and O–H groups in total. The SMILES string of the molecule is CN(C)c1cccc(CNC(=O)c2cc3ccc(Cl)cc3[nH]2)c1. The number of nitrogens with zero attached hydrogens (tertiary/aromatic N) is 1. The normalized spacial score (nSPS) is 10.7. The number of hydrogen-bond donors (Lipinski definition) is 2. The zero-order valence-electron chi connectivity index (χ0n) is 13.1. The smallest absolute Gasteiger partial charge is 0.267 e. The Balaban J connectivity index is 1.72. The second-order valence-electron chi connectivity index (χ2n) is 5.66. The summed E-state index contributed by atoms with van der Waals surface area (Å²) in [6.07, 6.45) is 0. The van der Waals surface area contributed by atoms with E-state index in [0.29, 0.717) is 17.3 Å². The van der Waals surface area contributed by atoms with E-state index in [4.69, 9.17) is 11.6 Å². The molecule has 1 aromatic heterocycles. The molecule has 3 aromatic rings. The van der Waals surface area contributed by atoms with Crippen molar-refractivity contribution in [1.29, 1.82) is 0 Å². The molecule has 0 saturated carbocycles. The summed E-state index contributed by atoms with van der Waals surface area (Å²) in [5.41, 5.74) is 3.56. The third kappa shape index (κ3) is 3.48. The summed E-state index contributed by atoms with van der Waals surface area (Å²) in [4.78, 5) is 17.4. The molecule has 0 bridgehead atoms. The first kappa shape index (κ1) is 15.4. The van der Waals surface area contributed by atoms with Crippen LogP contribution in [0.25, 0.3) is 10.9 Å². The minimum atomic E-state index is -0.132. The predicted molar refractivity (Wildman–Crippen MR) is 95.2 cm³/mol. The van der Waals surface area contributed by atoms with Crippen LogP contribution in [-0.2, 0) is 6.54 Å². The zero-order chi connectivity index (χ0) is 16.4. The molecule has 0 saturated heterocycles. The number of nitrogens with one attached hydrogen (secondary N) is 2. The van der Waals surface area contributed by atoms with Crippen LogP contribution in [0.5, 0.6) is 0 Å². The molecule has 0 radical (unpaired) electrons. The number of aromatic nitrogens is 1. The maximum atomic E-state index is 12.3. The van der Waals surface area contributed by atoms with Crippen LogP contribution >= 0.6 is 11.6 Å². The highest BCUT2D eigenvalue weighted by molar-refractivity contribution is 6.31. The predicted octanol–water partition coefficient (Wildman–Crippen LogP) is 3.82. The van der Waals surface area contributed by atoms with Crippen LogP contribution in [0.4, 0.5) is 5.69 Å². The van der Waals surface area contributed by atoms with Crippen molar-refractivity contribution in [3.05, 3.63) is 64.8 Å². The van der Waals surface area contributed by atoms with Gasteiger partial charge in [0.2, 0.25) is 0 Å². The molecule has 0 aliphatic heterocycles. The zero-order valence-corrected chi connectivity index (χ0v) is 13.8. The second-order valence-corrected chi connectivity index (χ2v) is 6.10. The summed E-state index contributed by atoms with van der Waals surface area (Å²) in [7, 11) is 3.99. The number of hydrogen-bond acceptors (Lipinski definition) is 2. The van der Waals surface area contributed by atoms with Crippen molar-refractivity contribution in [3.63, 3.8) is 0 Å². The minimum absolute atomic E-state index is 0.132. The van der Waals surface area contributed by atoms with Crippen molar-refractivity contribution in [2.45, 2.75) is 6.54 Å². The van der Waals surface area contributed by atoms with Crippen molar-refractivity contribution >= 4 is 34.1 Å². The van der Waals surface area contributed by atoms with Gasteiger partial charge in [-0.15, -0.1) is 0 Å². The van der Waals surface area contributed by atoms with Crippen LogP contribution in [0.3, 0.4) is 0 Å². The lowest BCUT2D eigenvalue weighted by atomic mass is 10.2. The average molecular weight is 328 g/mol. The summed E-state index contributed by atoms with van der Waals surface area (Å²) in [6.45, 7) is 0.483. The van der Waals surface area contributed by atoms with Gasteiger partial charge in [0, 0.05) is 42.3 Å². The van der Waals surface area contributed by atoms with Crippen LogP contribution in [-0.4, -0.2) is 25.0 Å². The molecule has 1 amide bonds. The van der Waals surface area contributed by atoms with E-state index in [1.165, 1.54) is 0 Å². The lowest BCUT2D eigenvalue weighted by Gasteiger charge is -2.13. The van der Waals surface area contributed by atoms with Crippen LogP contribution < -0.4 is 10.2 Å². The van der Waals surface area contributed by atoms with E-state index in [-0.39, 0.29) is 5.91 Å². The summed E-state index contributed by atoms with van der Waals surface area (Å²) >= 11 is 5.96. The molecular formula is C18H18ClN3O. The Bertz CT molecular complexity index is 854. The van der Waals surface area contributed by atoms with Gasteiger partial charge < -0.3 is 15.2 Å². The van der Waals surface area contributed by atoms with Gasteiger partial charge in [-0.1, -0.05) is 29.8 Å². The largest absolute Gasteiger partial charge is 0.378 e. The van der Waals surface area contributed by atoms with Crippen molar-refractivity contribution in [2.75, 3.05) is 19.0 Å². The number of benzene rings is 2. The van der Waals surface area contributed by atoms with Gasteiger partial charge in [-0.2, -0.15) is 0 Å². The Kier molecular flexibility index (Phi) is 4.26. The van der Waals surface area contributed by atoms with Crippen molar-refractivity contribution in [2.24, 2.45) is 0 Å². The van der Waals surface area contributed by atoms with Crippen LogP contribution in [0, 0.1) is 0 Å². The van der Waals surface area contributed by atoms with E-state index in [0.717, 1.165) is 22.2 Å². The van der Waals surface area contributed by atoms with E-state index >= 15 is 0 Å². The topological polar surface area (TPSA) is 48.1 Å². The van der Waals surface area contributed by atoms with Gasteiger partial charge in [0.1, 0.15) is 5.69 Å². The molecule has 0 spiro atoms. The third-order valence-corrected chi connectivity index (χ3v) is 3.94. The molecule has 0 unspecified atom stereocenters. The summed E-state index contributed by atoms with van der Waals surface area (Å²) in [5, 5.41) is 4.55. The molecule has 118 valence electrons. The first-order valence-electron chi connectivity index (χ1n) is 7.35. The Morgan fingerprint density at radius 3 is 2.78 bits per heavy atom. The van der Waals surface area contributed by atoms with Gasteiger partial charge in [0.15, 0.2) is 0 Å². The van der Waals surface area contributed by atoms with Crippen molar-refractivity contribution in [3.8, 4) is 0 Å². The highest BCUT2D eigenvalue weighted by Gasteiger charge is 2.09. The quantitative estimate of drug-likeness (QED) is 0.765. The summed E-state index contributed by atoms with van der Waals surface area (Å²) in [6, 6.07) is 15.4. The van der Waals surface area contributed by atoms with Gasteiger partial charge in [-0.05, 0) is 35.9 Å². The maximum Gasteiger partial charge on any atom is 0.267 e. The van der Waals surface area contributed by atoms with Gasteiger partial charge >= 0.3 is 0 Å². The Hall–Kier alpha value is -2.46. The number of rotatable bonds is 4. The molecule has 3 rings (SSSR count). The second kappa shape index (κ2) is 6.34. The molecular weight excluding hydrogens is 310 g/mol. The van der Waals surface area contributed by atoms with Crippen LogP contribution in [0.2, 0.25) is 5.02 Å². The number of H-pyrrole nitrogens is 1. The number of carbonyl (C=O) groups excluding carboxylic acids is 1. The fourth-order valence-corrected chi connectivity index (χ4v) is 2.62. The molecule has 0 aliphatic carbocycles. The fraction of sp³-hybridized carbons (Fsp3) is 0.167. The maximum absolute atomic E-state index is 12.3. The number of fused-ring (bicyclic) bond motifs is 1. The van der Waals surface area contributed by atoms with Gasteiger partial charge in [-0.3, -0.25) is 4.79 Å². The molecule has 0 atom stereocenters. The van der Waals surface area contributed by atoms with Gasteiger partial charge in [0.05, 0.1) is 0 Å². The molecule has 23 heavy (non-hydrogen) atoms. The number of halogens is 1. The Labute approximate surface area is 140 Å². The molecule has 0 fully saturated rings. The molecule has 0 aliphatic rings. The highest BCUT2D eigenvalue weighted by atomic mass is 35.5. The number of anilines is 1. The minimum Gasteiger partial charge on any atom is -0.378 e. The third-order valence-electron chi connectivity index (χ3n) is 3.71. The first-order valence-corrected chi connectivity index (χ1v) is 7.73. The number of aromatic amines is 1. The van der Waals surface area contributed by atoms with E-state index in [1.54, 1.807) is 0 Å². The van der Waals surface area contributed by atoms with Crippen LogP contribution in [0.15, 0.2) is 48.5 Å². The highest BCUT2D eigenvalue weighted by Crippen LogP contribution is 2.20. The van der Waals surface area contributed by atoms with Gasteiger partial charge in [-0.25, -0.2) is 0 Å². The van der Waals surface area contributed by atoms with Crippen LogP contribution in [0.1, 0.15) is 16.1 Å². The lowest BCUT2D eigenvalue weighted by molar-refractivity contribution is 0.0947. The van der Waals surface area contributed by atoms with Gasteiger partial charge in [0.25, 0.3) is 5.91 Å². The lowest BCUT2D eigenvalue weighted by Crippen LogP contribution is -2.23. The van der Waals surface area contributed by atoms with Crippen molar-refractivity contribution in [1.82, 2.24) is 10.3 Å². The molecule has 2 aromatic carbocycles. The summed E-state index contributed by atoms with van der Waals surface area (Å²) < 4.78 is 0. The van der Waals surface area contributed by atoms with E-state index in [2.05, 4.69) is 16.4 Å². The molecule has 5 heteroatoms. The number of amides is 1. The Morgan fingerprint density at radius 2 is 2.00 bits per heavy atom. The number of carbonyl (C=O) groups is 1. The van der Waals surface area contributed by atoms with E-state index in [1.807, 2.05) is 61.5 Å². The molecule has 1 heterocycles. The molecule has 4 nitrogen and oxygen atoms in total. The monoisotopic (exact) mass is 327 g/mol. The average Bonchev–Trinajstić information content (AvgIpc) is 2.96. The van der Waals surface area contributed by atoms with Crippen molar-refractivity contribution < 1.29 is 4.79 Å². The van der Waals surface area contributed by atoms with E-state index in [9.17, 15) is 4.79 Å². The standard InChI is InChI=1S/C18H18ClN3O/c1-22(2)15-5-3-4-12(8-15)11-20-18(23)17-9-13-6-7-14(19)10-16(13)21-17/h3-10,21H,11H2,1-2H3,(H,20,23). The first-order chi connectivity index (χ1) is 11.0. The van der Waals surface area contributed by atoms with E-state index < -0.39 is 0 Å². The fourth-order valence-electron chi connectivity index (χ4n) is 2.44.